The maximum Gasteiger partial charge on any atom is 0.416 e. The number of nitrogens with zero attached hydrogens (tertiary/aromatic N) is 2. The number of aromatic nitrogens is 1. The summed E-state index contributed by atoms with van der Waals surface area (Å²) in [5, 5.41) is 4.33. The van der Waals surface area contributed by atoms with Crippen LogP contribution in [0.5, 0.6) is 0 Å². The summed E-state index contributed by atoms with van der Waals surface area (Å²) in [4.78, 5) is 15.4. The standard InChI is InChI=1S/C15H16F3N3O4S2/c1-25-7-6-21(10-13(22)20-14-19-5-8-26-14)27(23,24)12-4-2-3-11(9-12)15(16,17)18/h2-5,8-9H,6-7,10H2,1H3,(H,19,20,22). The van der Waals surface area contributed by atoms with Crippen molar-refractivity contribution < 1.29 is 31.1 Å². The zero-order valence-corrected chi connectivity index (χ0v) is 15.7. The first-order chi connectivity index (χ1) is 12.6. The van der Waals surface area contributed by atoms with Crippen molar-refractivity contribution >= 4 is 32.4 Å². The minimum Gasteiger partial charge on any atom is -0.383 e. The van der Waals surface area contributed by atoms with Gasteiger partial charge >= 0.3 is 6.18 Å². The number of carbonyl (C=O) groups is 1. The summed E-state index contributed by atoms with van der Waals surface area (Å²) in [6.07, 6.45) is -3.23. The van der Waals surface area contributed by atoms with Crippen molar-refractivity contribution in [2.24, 2.45) is 0 Å². The van der Waals surface area contributed by atoms with Crippen molar-refractivity contribution in [2.45, 2.75) is 11.1 Å². The Morgan fingerprint density at radius 3 is 2.70 bits per heavy atom. The van der Waals surface area contributed by atoms with E-state index in [-0.39, 0.29) is 18.3 Å². The topological polar surface area (TPSA) is 88.6 Å². The van der Waals surface area contributed by atoms with Crippen LogP contribution in [0.3, 0.4) is 0 Å². The van der Waals surface area contributed by atoms with Gasteiger partial charge in [-0.25, -0.2) is 13.4 Å². The molecule has 7 nitrogen and oxygen atoms in total. The molecule has 1 amide bonds. The zero-order chi connectivity index (χ0) is 20.1. The molecule has 2 aromatic rings. The summed E-state index contributed by atoms with van der Waals surface area (Å²) in [5.74, 6) is -0.670. The predicted octanol–water partition coefficient (Wildman–Crippen LogP) is 2.44. The number of nitrogens with one attached hydrogen (secondary N) is 1. The summed E-state index contributed by atoms with van der Waals surface area (Å²) < 4.78 is 69.8. The van der Waals surface area contributed by atoms with Gasteiger partial charge in [0.1, 0.15) is 0 Å². The van der Waals surface area contributed by atoms with Crippen molar-refractivity contribution in [1.82, 2.24) is 9.29 Å². The number of amides is 1. The average Bonchev–Trinajstić information content (AvgIpc) is 3.10. The first kappa shape index (κ1) is 21.3. The SMILES string of the molecule is COCCN(CC(=O)Nc1nccs1)S(=O)(=O)c1cccc(C(F)(F)F)c1. The Morgan fingerprint density at radius 2 is 2.11 bits per heavy atom. The molecule has 0 bridgehead atoms. The number of thiazole rings is 1. The van der Waals surface area contributed by atoms with Crippen LogP contribution in [0, 0.1) is 0 Å². The zero-order valence-electron chi connectivity index (χ0n) is 14.1. The van der Waals surface area contributed by atoms with E-state index in [0.29, 0.717) is 6.07 Å². The normalized spacial score (nSPS) is 12.3. The van der Waals surface area contributed by atoms with Gasteiger partial charge in [-0.15, -0.1) is 11.3 Å². The number of halogens is 3. The number of hydrogen-bond donors (Lipinski definition) is 1. The number of rotatable bonds is 8. The van der Waals surface area contributed by atoms with E-state index in [1.807, 2.05) is 0 Å². The quantitative estimate of drug-likeness (QED) is 0.705. The first-order valence-corrected chi connectivity index (χ1v) is 9.82. The van der Waals surface area contributed by atoms with E-state index in [2.05, 4.69) is 10.3 Å². The molecule has 0 aliphatic carbocycles. The van der Waals surface area contributed by atoms with Crippen molar-refractivity contribution in [3.8, 4) is 0 Å². The molecular formula is C15H16F3N3O4S2. The van der Waals surface area contributed by atoms with Crippen LogP contribution in [-0.2, 0) is 25.7 Å². The third kappa shape index (κ3) is 5.73. The lowest BCUT2D eigenvalue weighted by atomic mass is 10.2. The number of anilines is 1. The molecule has 1 aromatic heterocycles. The second kappa shape index (κ2) is 8.78. The summed E-state index contributed by atoms with van der Waals surface area (Å²) >= 11 is 1.14. The highest BCUT2D eigenvalue weighted by Gasteiger charge is 2.33. The van der Waals surface area contributed by atoms with Gasteiger partial charge in [0.05, 0.1) is 23.6 Å². The Hall–Kier alpha value is -2.02. The summed E-state index contributed by atoms with van der Waals surface area (Å²) in [6.45, 7) is -0.843. The van der Waals surface area contributed by atoms with Gasteiger partial charge in [-0.05, 0) is 18.2 Å². The van der Waals surface area contributed by atoms with E-state index >= 15 is 0 Å². The van der Waals surface area contributed by atoms with Crippen LogP contribution in [0.25, 0.3) is 0 Å². The highest BCUT2D eigenvalue weighted by Crippen LogP contribution is 2.31. The molecule has 148 valence electrons. The van der Waals surface area contributed by atoms with Gasteiger partial charge in [0.25, 0.3) is 0 Å². The van der Waals surface area contributed by atoms with Crippen molar-refractivity contribution in [3.63, 3.8) is 0 Å². The van der Waals surface area contributed by atoms with Crippen molar-refractivity contribution in [1.29, 1.82) is 0 Å². The molecule has 1 heterocycles. The van der Waals surface area contributed by atoms with Crippen molar-refractivity contribution in [2.75, 3.05) is 32.1 Å². The van der Waals surface area contributed by atoms with E-state index < -0.39 is 39.1 Å². The Bertz CT molecular complexity index is 871. The smallest absolute Gasteiger partial charge is 0.383 e. The van der Waals surface area contributed by atoms with E-state index in [1.54, 1.807) is 5.38 Å². The Kier molecular flexibility index (Phi) is 6.92. The molecule has 0 atom stereocenters. The lowest BCUT2D eigenvalue weighted by Gasteiger charge is -2.21. The lowest BCUT2D eigenvalue weighted by molar-refractivity contribution is -0.137. The van der Waals surface area contributed by atoms with Crippen LogP contribution in [-0.4, -0.2) is 50.4 Å². The molecule has 27 heavy (non-hydrogen) atoms. The maximum atomic E-state index is 12.9. The second-order valence-corrected chi connectivity index (χ2v) is 8.07. The molecule has 0 unspecified atom stereocenters. The maximum absolute atomic E-state index is 12.9. The van der Waals surface area contributed by atoms with Gasteiger partial charge in [-0.1, -0.05) is 6.07 Å². The molecule has 0 aliphatic rings. The van der Waals surface area contributed by atoms with E-state index in [9.17, 15) is 26.4 Å². The number of benzene rings is 1. The average molecular weight is 423 g/mol. The fourth-order valence-corrected chi connectivity index (χ4v) is 4.04. The van der Waals surface area contributed by atoms with E-state index in [4.69, 9.17) is 4.74 Å². The predicted molar refractivity (Wildman–Crippen MR) is 92.8 cm³/mol. The minimum atomic E-state index is -4.69. The van der Waals surface area contributed by atoms with Crippen LogP contribution < -0.4 is 5.32 Å². The first-order valence-electron chi connectivity index (χ1n) is 7.50. The molecule has 2 rings (SSSR count). The fraction of sp³-hybridized carbons (Fsp3) is 0.333. The monoisotopic (exact) mass is 423 g/mol. The fourth-order valence-electron chi connectivity index (χ4n) is 2.06. The number of sulfonamides is 1. The number of alkyl halides is 3. The van der Waals surface area contributed by atoms with Gasteiger partial charge in [0.15, 0.2) is 5.13 Å². The molecule has 1 aromatic carbocycles. The molecule has 12 heteroatoms. The molecular weight excluding hydrogens is 407 g/mol. The van der Waals surface area contributed by atoms with Gasteiger partial charge in [0, 0.05) is 25.2 Å². The Balaban J connectivity index is 2.26. The van der Waals surface area contributed by atoms with Crippen LogP contribution >= 0.6 is 11.3 Å². The Labute approximate surface area is 157 Å². The second-order valence-electron chi connectivity index (χ2n) is 5.24. The van der Waals surface area contributed by atoms with Crippen molar-refractivity contribution in [3.05, 3.63) is 41.4 Å². The summed E-state index contributed by atoms with van der Waals surface area (Å²) in [7, 11) is -3.02. The Morgan fingerprint density at radius 1 is 1.37 bits per heavy atom. The molecule has 0 radical (unpaired) electrons. The third-order valence-electron chi connectivity index (χ3n) is 3.34. The minimum absolute atomic E-state index is 0.0390. The third-order valence-corrected chi connectivity index (χ3v) is 5.87. The highest BCUT2D eigenvalue weighted by molar-refractivity contribution is 7.89. The molecule has 0 spiro atoms. The highest BCUT2D eigenvalue weighted by atomic mass is 32.2. The van der Waals surface area contributed by atoms with Gasteiger partial charge < -0.3 is 10.1 Å². The summed E-state index contributed by atoms with van der Waals surface area (Å²) in [6, 6.07) is 3.35. The van der Waals surface area contributed by atoms with E-state index in [1.165, 1.54) is 13.3 Å². The number of carbonyl (C=O) groups excluding carboxylic acids is 1. The van der Waals surface area contributed by atoms with Crippen LogP contribution in [0.15, 0.2) is 40.7 Å². The molecule has 0 saturated carbocycles. The van der Waals surface area contributed by atoms with Gasteiger partial charge in [0.2, 0.25) is 15.9 Å². The van der Waals surface area contributed by atoms with Crippen LogP contribution in [0.4, 0.5) is 18.3 Å². The van der Waals surface area contributed by atoms with Gasteiger partial charge in [-0.3, -0.25) is 4.79 Å². The lowest BCUT2D eigenvalue weighted by Crippen LogP contribution is -2.40. The van der Waals surface area contributed by atoms with Crippen LogP contribution in [0.1, 0.15) is 5.56 Å². The van der Waals surface area contributed by atoms with E-state index in [0.717, 1.165) is 33.8 Å². The number of ether oxygens (including phenoxy) is 1. The largest absolute Gasteiger partial charge is 0.416 e. The molecule has 0 saturated heterocycles. The molecule has 1 N–H and O–H groups in total. The van der Waals surface area contributed by atoms with Gasteiger partial charge in [-0.2, -0.15) is 17.5 Å². The number of methoxy groups -OCH3 is 1. The molecule has 0 aliphatic heterocycles. The summed E-state index contributed by atoms with van der Waals surface area (Å²) in [5.41, 5.74) is -1.09. The number of hydrogen-bond acceptors (Lipinski definition) is 6. The molecule has 0 fully saturated rings. The van der Waals surface area contributed by atoms with Crippen LogP contribution in [0.2, 0.25) is 0 Å².